The van der Waals surface area contributed by atoms with Gasteiger partial charge in [-0.3, -0.25) is 0 Å². The molecule has 5 nitrogen and oxygen atoms in total. The van der Waals surface area contributed by atoms with Crippen molar-refractivity contribution in [2.75, 3.05) is 72.1 Å². The molecule has 6 aromatic carbocycles. The van der Waals surface area contributed by atoms with E-state index in [1.807, 2.05) is 134 Å². The summed E-state index contributed by atoms with van der Waals surface area (Å²) in [7, 11) is 8.93. The molecule has 9 heteroatoms. The van der Waals surface area contributed by atoms with Crippen molar-refractivity contribution in [2.45, 2.75) is 192 Å². The molecular formula is C77H118O5S4. The van der Waals surface area contributed by atoms with Gasteiger partial charge in [-0.05, 0) is 141 Å². The Balaban J connectivity index is 0.000000505. The fourth-order valence-corrected chi connectivity index (χ4v) is 9.47. The molecule has 0 radical (unpaired) electrons. The Bertz CT molecular complexity index is 2320. The quantitative estimate of drug-likeness (QED) is 0.126. The summed E-state index contributed by atoms with van der Waals surface area (Å²) in [6, 6.07) is 58.1. The number of methoxy groups -OCH3 is 5. The van der Waals surface area contributed by atoms with Crippen LogP contribution >= 0.6 is 47.0 Å². The smallest absolute Gasteiger partial charge is 0.116 e. The molecule has 480 valence electrons. The average molecular weight is 1250 g/mol. The van der Waals surface area contributed by atoms with Crippen LogP contribution in [0.2, 0.25) is 0 Å². The zero-order valence-corrected chi connectivity index (χ0v) is 61.1. The van der Waals surface area contributed by atoms with Gasteiger partial charge >= 0.3 is 0 Å². The van der Waals surface area contributed by atoms with Crippen LogP contribution in [0.1, 0.15) is 188 Å². The highest BCUT2D eigenvalue weighted by Crippen LogP contribution is 2.49. The molecule has 2 fully saturated rings. The number of rotatable bonds is 11. The lowest BCUT2D eigenvalue weighted by molar-refractivity contribution is -0.0234. The van der Waals surface area contributed by atoms with Gasteiger partial charge in [0.25, 0.3) is 0 Å². The molecule has 0 spiro atoms. The zero-order valence-electron chi connectivity index (χ0n) is 57.8. The van der Waals surface area contributed by atoms with Crippen LogP contribution in [-0.4, -0.2) is 92.8 Å². The maximum absolute atomic E-state index is 5.75. The van der Waals surface area contributed by atoms with Crippen LogP contribution in [0.15, 0.2) is 170 Å². The molecule has 0 unspecified atom stereocenters. The minimum absolute atomic E-state index is 0.220. The third kappa shape index (κ3) is 28.6. The number of ether oxygens (including phenoxy) is 5. The summed E-state index contributed by atoms with van der Waals surface area (Å²) in [6.07, 6.45) is 21.7. The van der Waals surface area contributed by atoms with Crippen molar-refractivity contribution in [1.29, 1.82) is 0 Å². The Morgan fingerprint density at radius 2 is 0.570 bits per heavy atom. The van der Waals surface area contributed by atoms with Crippen LogP contribution < -0.4 is 0 Å². The largest absolute Gasteiger partial charge is 0.379 e. The van der Waals surface area contributed by atoms with Crippen LogP contribution in [0.4, 0.5) is 0 Å². The van der Waals surface area contributed by atoms with Crippen LogP contribution in [-0.2, 0) is 40.5 Å². The highest BCUT2D eigenvalue weighted by atomic mass is 32.2. The molecule has 2 saturated carbocycles. The second kappa shape index (κ2) is 42.5. The predicted molar refractivity (Wildman–Crippen MR) is 390 cm³/mol. The maximum atomic E-state index is 5.75. The van der Waals surface area contributed by atoms with E-state index in [9.17, 15) is 0 Å². The minimum atomic E-state index is -0.372. The molecule has 86 heavy (non-hydrogen) atoms. The first-order valence-corrected chi connectivity index (χ1v) is 36.3. The van der Waals surface area contributed by atoms with Crippen molar-refractivity contribution < 1.29 is 23.7 Å². The number of hydrogen-bond donors (Lipinski definition) is 0. The lowest BCUT2D eigenvalue weighted by Gasteiger charge is -2.31. The average Bonchev–Trinajstić information content (AvgIpc) is 1.73. The molecule has 0 N–H and O–H groups in total. The maximum Gasteiger partial charge on any atom is 0.116 e. The molecule has 0 heterocycles. The van der Waals surface area contributed by atoms with Gasteiger partial charge in [-0.25, -0.2) is 0 Å². The van der Waals surface area contributed by atoms with Crippen LogP contribution in [0.3, 0.4) is 0 Å². The van der Waals surface area contributed by atoms with E-state index in [0.29, 0.717) is 9.49 Å². The predicted octanol–water partition coefficient (Wildman–Crippen LogP) is 22.5. The fraction of sp³-hybridized carbons (Fsp3) is 0.532. The number of thioether (sulfide) groups is 4. The van der Waals surface area contributed by atoms with Gasteiger partial charge in [-0.2, -0.15) is 47.0 Å². The Labute approximate surface area is 545 Å². The summed E-state index contributed by atoms with van der Waals surface area (Å²) in [5.74, 6) is 2.47. The summed E-state index contributed by atoms with van der Waals surface area (Å²) < 4.78 is 28.8. The Kier molecular flexibility index (Phi) is 39.8. The molecule has 0 aromatic heterocycles. The highest BCUT2D eigenvalue weighted by molar-refractivity contribution is 8.00. The van der Waals surface area contributed by atoms with Gasteiger partial charge in [0.05, 0.1) is 11.2 Å². The number of benzene rings is 6. The van der Waals surface area contributed by atoms with Gasteiger partial charge in [-0.1, -0.05) is 264 Å². The van der Waals surface area contributed by atoms with E-state index in [1.54, 1.807) is 21.3 Å². The molecule has 0 amide bonds. The van der Waals surface area contributed by atoms with Gasteiger partial charge in [0.15, 0.2) is 0 Å². The van der Waals surface area contributed by atoms with E-state index in [1.165, 1.54) is 120 Å². The lowest BCUT2D eigenvalue weighted by Crippen LogP contribution is -2.29. The summed E-state index contributed by atoms with van der Waals surface area (Å²) in [6.45, 7) is 28.3. The van der Waals surface area contributed by atoms with Crippen LogP contribution in [0.25, 0.3) is 11.1 Å². The molecule has 9 rings (SSSR count). The van der Waals surface area contributed by atoms with Gasteiger partial charge in [0, 0.05) is 45.0 Å². The van der Waals surface area contributed by atoms with Crippen LogP contribution in [0.5, 0.6) is 0 Å². The number of hydrogen-bond acceptors (Lipinski definition) is 9. The molecule has 6 aromatic rings. The van der Waals surface area contributed by atoms with Gasteiger partial charge in [0.2, 0.25) is 0 Å². The van der Waals surface area contributed by atoms with E-state index in [-0.39, 0.29) is 28.0 Å². The molecule has 0 saturated heterocycles. The monoisotopic (exact) mass is 1250 g/mol. The standard InChI is InChI=1S/C15H14O.2C15H16O.2C8H16O.2C5H12S.2C3H8S/c1-15(16-2)13-9-5-3-7-11(13)12-8-4-6-10-14(12)15;2*1-15(16-2,13-9-5-3-6-10-13)14-11-7-4-8-12-14;2*1-8(9-2)6-4-3-5-7-8;2*1-5(2,3)6-4;2*1-3-4-2/h3-10H,1-2H3;2*3-12H,1-2H3;2*3-7H2,1-2H3;2*1-4H3;2*3H2,1-2H3. The Morgan fingerprint density at radius 1 is 0.349 bits per heavy atom. The molecule has 3 aliphatic carbocycles. The third-order valence-corrected chi connectivity index (χ3v) is 19.9. The van der Waals surface area contributed by atoms with E-state index in [2.05, 4.69) is 212 Å². The first-order chi connectivity index (χ1) is 40.8. The normalized spacial score (nSPS) is 15.0. The fourth-order valence-electron chi connectivity index (χ4n) is 9.47. The van der Waals surface area contributed by atoms with Crippen LogP contribution in [0, 0.1) is 0 Å². The van der Waals surface area contributed by atoms with Crippen molar-refractivity contribution in [1.82, 2.24) is 0 Å². The van der Waals surface area contributed by atoms with Crippen molar-refractivity contribution in [3.63, 3.8) is 0 Å². The van der Waals surface area contributed by atoms with Crippen molar-refractivity contribution in [3.05, 3.63) is 203 Å². The lowest BCUT2D eigenvalue weighted by atomic mass is 9.86. The summed E-state index contributed by atoms with van der Waals surface area (Å²) >= 11 is 7.48. The highest BCUT2D eigenvalue weighted by Gasteiger charge is 2.39. The van der Waals surface area contributed by atoms with Gasteiger partial charge in [0.1, 0.15) is 16.8 Å². The summed E-state index contributed by atoms with van der Waals surface area (Å²) in [5.41, 5.74) is 9.19. The van der Waals surface area contributed by atoms with E-state index in [0.717, 1.165) is 0 Å². The molecule has 0 bridgehead atoms. The van der Waals surface area contributed by atoms with Crippen molar-refractivity contribution in [3.8, 4) is 11.1 Å². The van der Waals surface area contributed by atoms with E-state index < -0.39 is 0 Å². The van der Waals surface area contributed by atoms with Gasteiger partial charge in [-0.15, -0.1) is 0 Å². The minimum Gasteiger partial charge on any atom is -0.379 e. The first kappa shape index (κ1) is 80.5. The first-order valence-electron chi connectivity index (χ1n) is 31.1. The van der Waals surface area contributed by atoms with Crippen molar-refractivity contribution >= 4 is 47.0 Å². The molecule has 0 aliphatic heterocycles. The third-order valence-electron chi connectivity index (χ3n) is 16.3. The SMILES string of the molecule is CCSC.CCSC.COC(C)(c1ccccc1)c1ccccc1.COC(C)(c1ccccc1)c1ccccc1.COC1(C)CCCCC1.COC1(C)CCCCC1.COC1(C)c2ccccc2-c2ccccc21.CSC(C)(C)C.CSC(C)(C)C. The zero-order chi connectivity index (χ0) is 64.8. The second-order valence-electron chi connectivity index (χ2n) is 24.5. The van der Waals surface area contributed by atoms with Crippen molar-refractivity contribution in [2.24, 2.45) is 0 Å². The topological polar surface area (TPSA) is 46.2 Å². The molecule has 3 aliphatic rings. The van der Waals surface area contributed by atoms with E-state index in [4.69, 9.17) is 23.7 Å². The van der Waals surface area contributed by atoms with Gasteiger partial charge < -0.3 is 23.7 Å². The van der Waals surface area contributed by atoms with E-state index >= 15 is 0 Å². The Hall–Kier alpha value is -3.48. The molecular weight excluding hydrogens is 1130 g/mol. The summed E-state index contributed by atoms with van der Waals surface area (Å²) in [4.78, 5) is 0. The Morgan fingerprint density at radius 3 is 0.744 bits per heavy atom. The summed E-state index contributed by atoms with van der Waals surface area (Å²) in [5, 5.41) is 0. The number of fused-ring (bicyclic) bond motifs is 3. The second-order valence-corrected chi connectivity index (χ2v) is 30.1. The molecule has 0 atom stereocenters.